The van der Waals surface area contributed by atoms with Crippen LogP contribution in [0.3, 0.4) is 0 Å². The summed E-state index contributed by atoms with van der Waals surface area (Å²) in [5, 5.41) is 27.3. The molecule has 6 aromatic heterocycles. The van der Waals surface area contributed by atoms with Crippen LogP contribution >= 0.6 is 0 Å². The molecule has 186 valence electrons. The normalized spacial score (nSPS) is 12.0. The van der Waals surface area contributed by atoms with Crippen LogP contribution in [0, 0.1) is 0 Å². The Hall–Kier alpha value is -6.18. The Balaban J connectivity index is 1.51. The minimum Gasteiger partial charge on any atom is -0.324 e. The SMILES string of the molecule is c1ccc2c(c1)-c1nc-2nc2[nH]c(nc3nc(nc4[nH]c(n1)c1cnncc41)-c1cnncc1-3)c1cnncc21. The zero-order valence-electron chi connectivity index (χ0n) is 20.1. The van der Waals surface area contributed by atoms with Gasteiger partial charge in [0.1, 0.15) is 22.6 Å². The molecule has 7 aromatic rings. The van der Waals surface area contributed by atoms with Crippen LogP contribution in [-0.2, 0) is 0 Å². The molecule has 0 radical (unpaired) electrons. The Morgan fingerprint density at radius 2 is 0.675 bits per heavy atom. The third-order valence-corrected chi connectivity index (χ3v) is 6.87. The van der Waals surface area contributed by atoms with E-state index in [9.17, 15) is 0 Å². The van der Waals surface area contributed by atoms with E-state index in [1.165, 1.54) is 0 Å². The zero-order valence-corrected chi connectivity index (χ0v) is 20.1. The van der Waals surface area contributed by atoms with Crippen molar-refractivity contribution >= 4 is 44.1 Å². The molecule has 8 heterocycles. The molecule has 14 nitrogen and oxygen atoms in total. The predicted molar refractivity (Wildman–Crippen MR) is 143 cm³/mol. The molecule has 8 bridgehead atoms. The van der Waals surface area contributed by atoms with Crippen LogP contribution in [0.25, 0.3) is 89.7 Å². The van der Waals surface area contributed by atoms with Crippen LogP contribution in [0.2, 0.25) is 0 Å². The van der Waals surface area contributed by atoms with Crippen molar-refractivity contribution in [1.29, 1.82) is 0 Å². The number of aromatic nitrogens is 14. The Labute approximate surface area is 221 Å². The molecule has 2 aliphatic heterocycles. The Morgan fingerprint density at radius 1 is 0.350 bits per heavy atom. The van der Waals surface area contributed by atoms with Crippen LogP contribution in [0.1, 0.15) is 0 Å². The van der Waals surface area contributed by atoms with Crippen molar-refractivity contribution in [1.82, 2.24) is 70.5 Å². The second-order valence-electron chi connectivity index (χ2n) is 9.10. The number of aromatic amines is 2. The largest absolute Gasteiger partial charge is 0.324 e. The molecule has 0 saturated heterocycles. The molecular weight excluding hydrogens is 508 g/mol. The average molecular weight is 520 g/mol. The van der Waals surface area contributed by atoms with E-state index < -0.39 is 0 Å². The number of hydrogen-bond acceptors (Lipinski definition) is 12. The molecule has 2 N–H and O–H groups in total. The summed E-state index contributed by atoms with van der Waals surface area (Å²) in [7, 11) is 0. The summed E-state index contributed by atoms with van der Waals surface area (Å²) in [5.41, 5.74) is 5.18. The van der Waals surface area contributed by atoms with E-state index in [0.717, 1.165) is 32.7 Å². The fourth-order valence-electron chi connectivity index (χ4n) is 5.00. The van der Waals surface area contributed by atoms with Gasteiger partial charge in [-0.15, -0.1) is 0 Å². The third-order valence-electron chi connectivity index (χ3n) is 6.87. The summed E-state index contributed by atoms with van der Waals surface area (Å²) >= 11 is 0. The zero-order chi connectivity index (χ0) is 26.2. The van der Waals surface area contributed by atoms with Gasteiger partial charge in [0.15, 0.2) is 23.3 Å². The Bertz CT molecular complexity index is 2040. The number of H-pyrrole nitrogens is 2. The smallest absolute Gasteiger partial charge is 0.166 e. The van der Waals surface area contributed by atoms with Gasteiger partial charge >= 0.3 is 0 Å². The van der Waals surface area contributed by atoms with Gasteiger partial charge in [0.2, 0.25) is 0 Å². The fourth-order valence-corrected chi connectivity index (χ4v) is 5.00. The van der Waals surface area contributed by atoms with Crippen LogP contribution < -0.4 is 0 Å². The van der Waals surface area contributed by atoms with E-state index in [1.807, 2.05) is 24.3 Å². The van der Waals surface area contributed by atoms with Gasteiger partial charge in [0.25, 0.3) is 0 Å². The number of fused-ring (bicyclic) bond motifs is 20. The molecule has 1 aromatic carbocycles. The van der Waals surface area contributed by atoms with Gasteiger partial charge in [-0.1, -0.05) is 24.3 Å². The lowest BCUT2D eigenvalue weighted by Gasteiger charge is -1.96. The number of hydrogen-bond donors (Lipinski definition) is 2. The molecule has 0 saturated carbocycles. The first-order chi connectivity index (χ1) is 19.8. The number of rotatable bonds is 0. The van der Waals surface area contributed by atoms with Gasteiger partial charge in [0.05, 0.1) is 69.9 Å². The second kappa shape index (κ2) is 7.67. The standard InChI is InChI=1S/C26H12N14/c1-2-4-12-11(3-1)19-33-20(12)35-22-14-6-28-30-8-16(14)24(37-22)39-26-18-10-32-31-9-17(18)25(40-26)38-23-15-7-29-27-5-13(15)21(34-19)36-23/h1-10H,(H2,33,34,35,36,37,38,39,40). The van der Waals surface area contributed by atoms with Crippen molar-refractivity contribution in [3.8, 4) is 45.6 Å². The molecule has 0 atom stereocenters. The fraction of sp³-hybridized carbons (Fsp3) is 0. The summed E-state index contributed by atoms with van der Waals surface area (Å²) in [4.78, 5) is 35.7. The van der Waals surface area contributed by atoms with Gasteiger partial charge in [0, 0.05) is 11.1 Å². The van der Waals surface area contributed by atoms with Gasteiger partial charge < -0.3 is 9.97 Å². The quantitative estimate of drug-likeness (QED) is 0.298. The summed E-state index contributed by atoms with van der Waals surface area (Å²) in [6.45, 7) is 0. The maximum absolute atomic E-state index is 4.90. The molecule has 0 aliphatic carbocycles. The van der Waals surface area contributed by atoms with Crippen molar-refractivity contribution < 1.29 is 0 Å². The first-order valence-electron chi connectivity index (χ1n) is 12.1. The molecule has 40 heavy (non-hydrogen) atoms. The van der Waals surface area contributed by atoms with Crippen molar-refractivity contribution in [2.75, 3.05) is 0 Å². The first kappa shape index (κ1) is 20.8. The lowest BCUT2D eigenvalue weighted by molar-refractivity contribution is 1.03. The number of nitrogens with zero attached hydrogens (tertiary/aromatic N) is 12. The number of benzene rings is 1. The maximum Gasteiger partial charge on any atom is 0.166 e. The maximum atomic E-state index is 4.90. The second-order valence-corrected chi connectivity index (χ2v) is 9.10. The molecule has 0 spiro atoms. The summed E-state index contributed by atoms with van der Waals surface area (Å²) in [5.74, 6) is 1.84. The van der Waals surface area contributed by atoms with E-state index in [1.54, 1.807) is 37.2 Å². The lowest BCUT2D eigenvalue weighted by atomic mass is 10.1. The highest BCUT2D eigenvalue weighted by atomic mass is 15.1. The van der Waals surface area contributed by atoms with Crippen LogP contribution in [0.4, 0.5) is 0 Å². The van der Waals surface area contributed by atoms with Crippen LogP contribution in [0.15, 0.2) is 61.4 Å². The van der Waals surface area contributed by atoms with Crippen LogP contribution in [-0.4, -0.2) is 70.5 Å². The molecule has 0 unspecified atom stereocenters. The molecule has 14 heteroatoms. The van der Waals surface area contributed by atoms with Gasteiger partial charge in [-0.05, 0) is 0 Å². The minimum absolute atomic E-state index is 0.419. The highest BCUT2D eigenvalue weighted by Crippen LogP contribution is 2.35. The summed E-state index contributed by atoms with van der Waals surface area (Å²) in [6.07, 6.45) is 9.79. The van der Waals surface area contributed by atoms with E-state index in [2.05, 4.69) is 40.6 Å². The van der Waals surface area contributed by atoms with Crippen molar-refractivity contribution in [2.45, 2.75) is 0 Å². The highest BCUT2D eigenvalue weighted by molar-refractivity contribution is 6.05. The van der Waals surface area contributed by atoms with Crippen molar-refractivity contribution in [3.63, 3.8) is 0 Å². The molecule has 0 fully saturated rings. The first-order valence-corrected chi connectivity index (χ1v) is 12.1. The van der Waals surface area contributed by atoms with Crippen LogP contribution in [0.5, 0.6) is 0 Å². The van der Waals surface area contributed by atoms with Crippen molar-refractivity contribution in [3.05, 3.63) is 61.4 Å². The summed E-state index contributed by atoms with van der Waals surface area (Å²) < 4.78 is 0. The lowest BCUT2D eigenvalue weighted by Crippen LogP contribution is -1.86. The van der Waals surface area contributed by atoms with Gasteiger partial charge in [-0.25, -0.2) is 29.9 Å². The molecule has 2 aliphatic rings. The van der Waals surface area contributed by atoms with E-state index >= 15 is 0 Å². The van der Waals surface area contributed by atoms with E-state index in [0.29, 0.717) is 57.0 Å². The van der Waals surface area contributed by atoms with Crippen molar-refractivity contribution in [2.24, 2.45) is 0 Å². The number of nitrogens with one attached hydrogen (secondary N) is 2. The Morgan fingerprint density at radius 3 is 1.05 bits per heavy atom. The van der Waals surface area contributed by atoms with Gasteiger partial charge in [-0.3, -0.25) is 0 Å². The average Bonchev–Trinajstić information content (AvgIpc) is 3.73. The van der Waals surface area contributed by atoms with E-state index in [4.69, 9.17) is 29.9 Å². The van der Waals surface area contributed by atoms with E-state index in [-0.39, 0.29) is 0 Å². The highest BCUT2D eigenvalue weighted by Gasteiger charge is 2.22. The predicted octanol–water partition coefficient (Wildman–Crippen LogP) is 3.24. The minimum atomic E-state index is 0.419. The summed E-state index contributed by atoms with van der Waals surface area (Å²) in [6, 6.07) is 7.81. The monoisotopic (exact) mass is 520 g/mol. The Kier molecular flexibility index (Phi) is 3.99. The molecular formula is C26H12N14. The molecule has 0 amide bonds. The topological polar surface area (TPSA) is 186 Å². The van der Waals surface area contributed by atoms with Gasteiger partial charge in [-0.2, -0.15) is 30.6 Å². The third kappa shape index (κ3) is 2.92. The molecule has 9 rings (SSSR count).